The fourth-order valence-electron chi connectivity index (χ4n) is 4.65. The van der Waals surface area contributed by atoms with Gasteiger partial charge in [0, 0.05) is 4.83 Å². The van der Waals surface area contributed by atoms with E-state index in [1.807, 2.05) is 0 Å². The number of rotatable bonds is 2. The maximum Gasteiger partial charge on any atom is 0.121 e. The van der Waals surface area contributed by atoms with Gasteiger partial charge in [0.1, 0.15) is 23.4 Å². The van der Waals surface area contributed by atoms with Crippen LogP contribution in [0.1, 0.15) is 46.0 Å². The molecule has 4 rings (SSSR count). The summed E-state index contributed by atoms with van der Waals surface area (Å²) in [5.41, 5.74) is 0.209. The molecule has 4 heteroatoms. The molecule has 0 unspecified atom stereocenters. The average Bonchev–Trinajstić information content (AvgIpc) is 3.22. The minimum Gasteiger partial charge on any atom is -0.393 e. The molecule has 2 saturated heterocycles. The minimum absolute atomic E-state index is 0.0875. The Labute approximate surface area is 123 Å². The lowest BCUT2D eigenvalue weighted by Gasteiger charge is -2.42. The van der Waals surface area contributed by atoms with Crippen molar-refractivity contribution < 1.29 is 14.6 Å². The molecule has 0 aromatic rings. The Bertz CT molecular complexity index is 412. The first-order valence-electron chi connectivity index (χ1n) is 7.54. The van der Waals surface area contributed by atoms with E-state index in [-0.39, 0.29) is 30.0 Å². The number of aliphatic hydroxyl groups is 1. The Kier molecular flexibility index (Phi) is 2.58. The Morgan fingerprint density at radius 2 is 1.95 bits per heavy atom. The number of ether oxygens (including phenoxy) is 2. The zero-order valence-electron chi connectivity index (χ0n) is 11.7. The number of alkyl halides is 1. The molecule has 2 heterocycles. The topological polar surface area (TPSA) is 45.3 Å². The first-order valence-corrected chi connectivity index (χ1v) is 8.46. The van der Waals surface area contributed by atoms with E-state index in [0.29, 0.717) is 16.2 Å². The second-order valence-corrected chi connectivity index (χ2v) is 8.79. The smallest absolute Gasteiger partial charge is 0.121 e. The van der Waals surface area contributed by atoms with E-state index in [1.165, 1.54) is 19.3 Å². The summed E-state index contributed by atoms with van der Waals surface area (Å²) in [6, 6.07) is 0. The molecule has 1 N–H and O–H groups in total. The van der Waals surface area contributed by atoms with Crippen molar-refractivity contribution in [3.8, 4) is 0 Å². The van der Waals surface area contributed by atoms with Gasteiger partial charge in [-0.05, 0) is 43.4 Å². The van der Waals surface area contributed by atoms with E-state index in [1.54, 1.807) is 0 Å². The quantitative estimate of drug-likeness (QED) is 0.625. The van der Waals surface area contributed by atoms with Gasteiger partial charge in [-0.25, -0.2) is 0 Å². The molecule has 0 bridgehead atoms. The molecule has 4 aliphatic rings. The third kappa shape index (κ3) is 1.66. The normalized spacial score (nSPS) is 58.1. The molecular weight excluding hydrogens is 308 g/mol. The lowest BCUT2D eigenvalue weighted by molar-refractivity contribution is 0.0890. The second kappa shape index (κ2) is 3.76. The molecule has 2 saturated carbocycles. The number of epoxide rings is 2. The maximum atomic E-state index is 9.45. The van der Waals surface area contributed by atoms with Gasteiger partial charge in [0.25, 0.3) is 0 Å². The molecule has 0 spiro atoms. The van der Waals surface area contributed by atoms with Gasteiger partial charge in [-0.3, -0.25) is 0 Å². The van der Waals surface area contributed by atoms with Crippen LogP contribution in [0.4, 0.5) is 0 Å². The number of halogens is 1. The zero-order valence-corrected chi connectivity index (χ0v) is 13.3. The highest BCUT2D eigenvalue weighted by Crippen LogP contribution is 2.66. The van der Waals surface area contributed by atoms with E-state index in [2.05, 4.69) is 29.8 Å². The van der Waals surface area contributed by atoms with Gasteiger partial charge in [0.15, 0.2) is 0 Å². The SMILES string of the molecule is CC1(C)C[C@@H]([C@]23CC[C@@]4(CO)O[C@H]4[C@H]2O3)CC[C@@H]1Br. The molecule has 6 atom stereocenters. The fourth-order valence-corrected chi connectivity index (χ4v) is 5.10. The molecule has 3 nitrogen and oxygen atoms in total. The van der Waals surface area contributed by atoms with E-state index >= 15 is 0 Å². The summed E-state index contributed by atoms with van der Waals surface area (Å²) < 4.78 is 11.9. The fraction of sp³-hybridized carbons (Fsp3) is 1.00. The monoisotopic (exact) mass is 330 g/mol. The van der Waals surface area contributed by atoms with Crippen LogP contribution in [0.2, 0.25) is 0 Å². The van der Waals surface area contributed by atoms with Crippen LogP contribution in [0, 0.1) is 11.3 Å². The van der Waals surface area contributed by atoms with Crippen molar-refractivity contribution in [3.63, 3.8) is 0 Å². The van der Waals surface area contributed by atoms with Crippen molar-refractivity contribution in [2.24, 2.45) is 11.3 Å². The largest absolute Gasteiger partial charge is 0.393 e. The highest BCUT2D eigenvalue weighted by Gasteiger charge is 2.78. The Morgan fingerprint density at radius 1 is 1.16 bits per heavy atom. The van der Waals surface area contributed by atoms with Crippen molar-refractivity contribution >= 4 is 15.9 Å². The molecule has 0 radical (unpaired) electrons. The van der Waals surface area contributed by atoms with Crippen LogP contribution in [0.5, 0.6) is 0 Å². The number of hydrogen-bond donors (Lipinski definition) is 1. The van der Waals surface area contributed by atoms with Gasteiger partial charge in [0.2, 0.25) is 0 Å². The van der Waals surface area contributed by atoms with Crippen molar-refractivity contribution in [3.05, 3.63) is 0 Å². The molecule has 2 aliphatic carbocycles. The Balaban J connectivity index is 1.50. The first kappa shape index (κ1) is 13.1. The van der Waals surface area contributed by atoms with Crippen LogP contribution < -0.4 is 0 Å². The van der Waals surface area contributed by atoms with Crippen molar-refractivity contribution in [1.29, 1.82) is 0 Å². The highest BCUT2D eigenvalue weighted by atomic mass is 79.9. The van der Waals surface area contributed by atoms with Crippen molar-refractivity contribution in [2.75, 3.05) is 6.61 Å². The Morgan fingerprint density at radius 3 is 2.63 bits per heavy atom. The predicted octanol–water partition coefficient (Wildman–Crippen LogP) is 2.64. The summed E-state index contributed by atoms with van der Waals surface area (Å²) in [7, 11) is 0. The minimum atomic E-state index is -0.229. The van der Waals surface area contributed by atoms with Crippen LogP contribution >= 0.6 is 15.9 Å². The molecular formula is C15H23BrO3. The van der Waals surface area contributed by atoms with Gasteiger partial charge < -0.3 is 14.6 Å². The van der Waals surface area contributed by atoms with Crippen molar-refractivity contribution in [2.45, 2.75) is 74.2 Å². The lowest BCUT2D eigenvalue weighted by Crippen LogP contribution is -2.43. The predicted molar refractivity (Wildman–Crippen MR) is 75.4 cm³/mol. The Hall–Kier alpha value is 0.360. The highest BCUT2D eigenvalue weighted by molar-refractivity contribution is 9.09. The van der Waals surface area contributed by atoms with Gasteiger partial charge in [-0.15, -0.1) is 0 Å². The standard InChI is InChI=1S/C15H23BrO3/c1-13(2)7-9(3-4-10(13)16)15-6-5-14(8-17)11(18-14)12(15)19-15/h9-12,17H,3-8H2,1-2H3/t9-,10-,11-,12+,14-,15+/m0/s1. The maximum absolute atomic E-state index is 9.45. The van der Waals surface area contributed by atoms with Crippen LogP contribution in [-0.4, -0.2) is 40.0 Å². The summed E-state index contributed by atoms with van der Waals surface area (Å²) in [4.78, 5) is 0.627. The van der Waals surface area contributed by atoms with E-state index in [0.717, 1.165) is 12.8 Å². The van der Waals surface area contributed by atoms with Crippen molar-refractivity contribution in [1.82, 2.24) is 0 Å². The van der Waals surface area contributed by atoms with Gasteiger partial charge in [-0.2, -0.15) is 0 Å². The second-order valence-electron chi connectivity index (χ2n) is 7.69. The molecule has 0 aromatic heterocycles. The lowest BCUT2D eigenvalue weighted by atomic mass is 9.64. The average molecular weight is 331 g/mol. The van der Waals surface area contributed by atoms with Crippen LogP contribution in [0.25, 0.3) is 0 Å². The third-order valence-electron chi connectivity index (χ3n) is 6.16. The van der Waals surface area contributed by atoms with E-state index in [4.69, 9.17) is 9.47 Å². The molecule has 4 fully saturated rings. The number of aliphatic hydroxyl groups excluding tert-OH is 1. The van der Waals surface area contributed by atoms with Gasteiger partial charge in [-0.1, -0.05) is 29.8 Å². The summed E-state index contributed by atoms with van der Waals surface area (Å²) in [5, 5.41) is 9.45. The zero-order chi connectivity index (χ0) is 13.5. The molecule has 108 valence electrons. The van der Waals surface area contributed by atoms with E-state index in [9.17, 15) is 5.11 Å². The molecule has 2 aliphatic heterocycles. The van der Waals surface area contributed by atoms with Gasteiger partial charge >= 0.3 is 0 Å². The molecule has 0 amide bonds. The molecule has 19 heavy (non-hydrogen) atoms. The van der Waals surface area contributed by atoms with Gasteiger partial charge in [0.05, 0.1) is 6.61 Å². The summed E-state index contributed by atoms with van der Waals surface area (Å²) in [6.07, 6.45) is 6.22. The summed E-state index contributed by atoms with van der Waals surface area (Å²) >= 11 is 3.83. The first-order chi connectivity index (χ1) is 8.94. The number of fused-ring (bicyclic) bond motifs is 3. The third-order valence-corrected chi connectivity index (χ3v) is 7.85. The van der Waals surface area contributed by atoms with Crippen LogP contribution in [0.3, 0.4) is 0 Å². The summed E-state index contributed by atoms with van der Waals surface area (Å²) in [6.45, 7) is 4.88. The summed E-state index contributed by atoms with van der Waals surface area (Å²) in [5.74, 6) is 0.669. The van der Waals surface area contributed by atoms with Crippen LogP contribution in [-0.2, 0) is 9.47 Å². The molecule has 0 aromatic carbocycles. The van der Waals surface area contributed by atoms with E-state index < -0.39 is 0 Å². The number of hydrogen-bond acceptors (Lipinski definition) is 3. The van der Waals surface area contributed by atoms with Crippen LogP contribution in [0.15, 0.2) is 0 Å².